The molecule has 0 radical (unpaired) electrons. The van der Waals surface area contributed by atoms with Gasteiger partial charge in [-0.3, -0.25) is 9.69 Å². The van der Waals surface area contributed by atoms with Crippen molar-refractivity contribution in [2.75, 3.05) is 25.1 Å². The highest BCUT2D eigenvalue weighted by Gasteiger charge is 2.38. The van der Waals surface area contributed by atoms with Gasteiger partial charge in [-0.25, -0.2) is 9.59 Å². The van der Waals surface area contributed by atoms with Crippen molar-refractivity contribution in [3.05, 3.63) is 102 Å². The first-order valence-corrected chi connectivity index (χ1v) is 12.6. The van der Waals surface area contributed by atoms with E-state index in [1.807, 2.05) is 55.5 Å². The van der Waals surface area contributed by atoms with E-state index in [4.69, 9.17) is 9.47 Å². The van der Waals surface area contributed by atoms with Crippen LogP contribution in [0.2, 0.25) is 0 Å². The van der Waals surface area contributed by atoms with E-state index >= 15 is 0 Å². The molecule has 3 amide bonds. The molecule has 8 heteroatoms. The summed E-state index contributed by atoms with van der Waals surface area (Å²) in [7, 11) is 0. The molecular weight excluding hydrogens is 482 g/mol. The molecule has 0 spiro atoms. The molecule has 3 aromatic carbocycles. The number of carbonyl (C=O) groups excluding carboxylic acids is 3. The Hall–Kier alpha value is -4.59. The van der Waals surface area contributed by atoms with Gasteiger partial charge in [0.1, 0.15) is 5.75 Å². The number of hydrogen-bond donors (Lipinski definition) is 2. The molecule has 0 saturated heterocycles. The fourth-order valence-corrected chi connectivity index (χ4v) is 4.30. The molecule has 0 bridgehead atoms. The summed E-state index contributed by atoms with van der Waals surface area (Å²) in [5, 5.41) is 5.78. The summed E-state index contributed by atoms with van der Waals surface area (Å²) in [5.74, 6) is -0.190. The largest absolute Gasteiger partial charge is 0.484 e. The molecule has 0 fully saturated rings. The van der Waals surface area contributed by atoms with Crippen molar-refractivity contribution in [1.82, 2.24) is 10.2 Å². The smallest absolute Gasteiger partial charge is 0.338 e. The van der Waals surface area contributed by atoms with Gasteiger partial charge >= 0.3 is 12.0 Å². The Morgan fingerprint density at radius 2 is 1.58 bits per heavy atom. The molecule has 0 aromatic heterocycles. The van der Waals surface area contributed by atoms with Crippen molar-refractivity contribution in [1.29, 1.82) is 0 Å². The summed E-state index contributed by atoms with van der Waals surface area (Å²) < 4.78 is 10.9. The highest BCUT2D eigenvalue weighted by atomic mass is 16.5. The number of nitrogens with zero attached hydrogens (tertiary/aromatic N) is 1. The van der Waals surface area contributed by atoms with Crippen molar-refractivity contribution in [3.63, 3.8) is 0 Å². The van der Waals surface area contributed by atoms with Gasteiger partial charge in [-0.2, -0.15) is 0 Å². The van der Waals surface area contributed by atoms with Crippen LogP contribution in [0.4, 0.5) is 10.5 Å². The first-order chi connectivity index (χ1) is 18.5. The summed E-state index contributed by atoms with van der Waals surface area (Å²) in [6.45, 7) is 4.24. The highest BCUT2D eigenvalue weighted by molar-refractivity contribution is 6.04. The Morgan fingerprint density at radius 1 is 0.921 bits per heavy atom. The Bertz CT molecular complexity index is 1290. The number of benzene rings is 3. The third kappa shape index (κ3) is 6.21. The van der Waals surface area contributed by atoms with E-state index in [1.165, 1.54) is 0 Å². The van der Waals surface area contributed by atoms with Crippen molar-refractivity contribution in [2.45, 2.75) is 26.3 Å². The van der Waals surface area contributed by atoms with Crippen molar-refractivity contribution in [3.8, 4) is 5.75 Å². The van der Waals surface area contributed by atoms with E-state index in [-0.39, 0.29) is 25.2 Å². The summed E-state index contributed by atoms with van der Waals surface area (Å²) in [4.78, 5) is 40.5. The van der Waals surface area contributed by atoms with Gasteiger partial charge in [0.25, 0.3) is 5.91 Å². The zero-order valence-electron chi connectivity index (χ0n) is 21.5. The van der Waals surface area contributed by atoms with Gasteiger partial charge in [0.2, 0.25) is 0 Å². The Kier molecular flexibility index (Phi) is 8.77. The lowest BCUT2D eigenvalue weighted by molar-refractivity contribution is -0.139. The molecule has 4 rings (SSSR count). The molecule has 1 atom stereocenters. The summed E-state index contributed by atoms with van der Waals surface area (Å²) in [6.07, 6.45) is 0.715. The van der Waals surface area contributed by atoms with Crippen LogP contribution in [-0.4, -0.2) is 42.6 Å². The van der Waals surface area contributed by atoms with Crippen LogP contribution in [0.1, 0.15) is 37.4 Å². The molecule has 2 N–H and O–H groups in total. The maximum atomic E-state index is 13.3. The van der Waals surface area contributed by atoms with Gasteiger partial charge in [-0.15, -0.1) is 0 Å². The van der Waals surface area contributed by atoms with Crippen LogP contribution in [0, 0.1) is 0 Å². The minimum Gasteiger partial charge on any atom is -0.484 e. The van der Waals surface area contributed by atoms with Gasteiger partial charge in [0, 0.05) is 12.2 Å². The molecule has 3 aromatic rings. The Morgan fingerprint density at radius 3 is 2.21 bits per heavy atom. The van der Waals surface area contributed by atoms with Crippen LogP contribution in [0.15, 0.2) is 90.5 Å². The fraction of sp³-hybridized carbons (Fsp3) is 0.233. The average molecular weight is 514 g/mol. The minimum absolute atomic E-state index is 0.131. The molecule has 196 valence electrons. The van der Waals surface area contributed by atoms with Gasteiger partial charge < -0.3 is 20.1 Å². The van der Waals surface area contributed by atoms with E-state index in [1.54, 1.807) is 48.2 Å². The molecule has 0 saturated carbocycles. The Balaban J connectivity index is 1.62. The second-order valence-corrected chi connectivity index (χ2v) is 8.65. The number of urea groups is 1. The molecule has 8 nitrogen and oxygen atoms in total. The lowest BCUT2D eigenvalue weighted by Gasteiger charge is -2.36. The predicted octanol–water partition coefficient (Wildman–Crippen LogP) is 5.15. The van der Waals surface area contributed by atoms with Crippen LogP contribution in [0.5, 0.6) is 5.75 Å². The van der Waals surface area contributed by atoms with Crippen molar-refractivity contribution >= 4 is 29.3 Å². The van der Waals surface area contributed by atoms with E-state index < -0.39 is 12.0 Å². The number of para-hydroxylation sites is 1. The minimum atomic E-state index is -0.726. The first kappa shape index (κ1) is 26.5. The van der Waals surface area contributed by atoms with E-state index in [2.05, 4.69) is 10.6 Å². The number of anilines is 1. The highest BCUT2D eigenvalue weighted by Crippen LogP contribution is 2.37. The SMILES string of the molecule is CCCN1C(=O)NC(c2ccc(NC(=O)COc3ccccc3)cc2)C(C(=O)OCC)=C1c1ccccc1. The number of ether oxygens (including phenoxy) is 2. The molecule has 1 unspecified atom stereocenters. The van der Waals surface area contributed by atoms with Gasteiger partial charge in [-0.05, 0) is 48.7 Å². The third-order valence-electron chi connectivity index (χ3n) is 5.96. The first-order valence-electron chi connectivity index (χ1n) is 12.6. The molecular formula is C30H31N3O5. The standard InChI is InChI=1S/C30H31N3O5/c1-3-19-33-28(22-11-7-5-8-12-22)26(29(35)37-4-2)27(32-30(33)36)21-15-17-23(18-16-21)31-25(34)20-38-24-13-9-6-10-14-24/h5-18,27H,3-4,19-20H2,1-2H3,(H,31,34)(H,32,36). The lowest BCUT2D eigenvalue weighted by Crippen LogP contribution is -2.48. The fourth-order valence-electron chi connectivity index (χ4n) is 4.30. The van der Waals surface area contributed by atoms with Crippen LogP contribution in [0.3, 0.4) is 0 Å². The second-order valence-electron chi connectivity index (χ2n) is 8.65. The van der Waals surface area contributed by atoms with Crippen LogP contribution < -0.4 is 15.4 Å². The van der Waals surface area contributed by atoms with E-state index in [0.29, 0.717) is 41.2 Å². The Labute approximate surface area is 222 Å². The zero-order valence-corrected chi connectivity index (χ0v) is 21.5. The third-order valence-corrected chi connectivity index (χ3v) is 5.96. The normalized spacial score (nSPS) is 15.1. The molecule has 1 heterocycles. The summed E-state index contributed by atoms with van der Waals surface area (Å²) in [6, 6.07) is 24.5. The van der Waals surface area contributed by atoms with Crippen molar-refractivity contribution < 1.29 is 23.9 Å². The number of esters is 1. The topological polar surface area (TPSA) is 97.0 Å². The van der Waals surface area contributed by atoms with Crippen molar-refractivity contribution in [2.24, 2.45) is 0 Å². The molecule has 38 heavy (non-hydrogen) atoms. The quantitative estimate of drug-likeness (QED) is 0.365. The maximum Gasteiger partial charge on any atom is 0.338 e. The summed E-state index contributed by atoms with van der Waals surface area (Å²) >= 11 is 0. The van der Waals surface area contributed by atoms with E-state index in [9.17, 15) is 14.4 Å². The van der Waals surface area contributed by atoms with Crippen LogP contribution in [0.25, 0.3) is 5.70 Å². The second kappa shape index (κ2) is 12.6. The number of amides is 3. The van der Waals surface area contributed by atoms with Gasteiger partial charge in [-0.1, -0.05) is 67.6 Å². The maximum absolute atomic E-state index is 13.3. The molecule has 0 aliphatic carbocycles. The number of carbonyl (C=O) groups is 3. The van der Waals surface area contributed by atoms with Gasteiger partial charge in [0.05, 0.1) is 23.9 Å². The van der Waals surface area contributed by atoms with Gasteiger partial charge in [0.15, 0.2) is 6.61 Å². The van der Waals surface area contributed by atoms with Crippen LogP contribution >= 0.6 is 0 Å². The summed E-state index contributed by atoms with van der Waals surface area (Å²) in [5.41, 5.74) is 2.90. The monoisotopic (exact) mass is 513 g/mol. The number of hydrogen-bond acceptors (Lipinski definition) is 5. The van der Waals surface area contributed by atoms with Crippen LogP contribution in [-0.2, 0) is 14.3 Å². The average Bonchev–Trinajstić information content (AvgIpc) is 2.94. The zero-order chi connectivity index (χ0) is 26.9. The number of rotatable bonds is 10. The lowest BCUT2D eigenvalue weighted by atomic mass is 9.91. The molecule has 1 aliphatic rings. The predicted molar refractivity (Wildman–Crippen MR) is 145 cm³/mol. The molecule has 1 aliphatic heterocycles. The van der Waals surface area contributed by atoms with E-state index in [0.717, 1.165) is 5.56 Å². The number of nitrogens with one attached hydrogen (secondary N) is 2.